The van der Waals surface area contributed by atoms with Crippen molar-refractivity contribution in [3.05, 3.63) is 88.8 Å². The number of aliphatic carboxylic acids is 1. The van der Waals surface area contributed by atoms with Crippen LogP contribution < -0.4 is 10.8 Å². The zero-order valence-corrected chi connectivity index (χ0v) is 22.1. The van der Waals surface area contributed by atoms with E-state index in [9.17, 15) is 22.4 Å². The number of carbonyl (C=O) groups excluding carboxylic acids is 1. The quantitative estimate of drug-likeness (QED) is 0.173. The highest BCUT2D eigenvalue weighted by molar-refractivity contribution is 5.93. The first-order valence-corrected chi connectivity index (χ1v) is 13.1. The van der Waals surface area contributed by atoms with Crippen LogP contribution in [0.25, 0.3) is 0 Å². The SMILES string of the molecule is O=C(NO)c1ccc(CCCN2CCn3cc(CNC4CC4c4ccc(F)cc4)nc3C2)cc1.O=C(O)C(F)(F)F. The maximum absolute atomic E-state index is 13.1. The van der Waals surface area contributed by atoms with Crippen molar-refractivity contribution in [2.45, 2.75) is 57.0 Å². The second-order valence-corrected chi connectivity index (χ2v) is 10.0. The minimum absolute atomic E-state index is 0.185. The highest BCUT2D eigenvalue weighted by atomic mass is 19.4. The summed E-state index contributed by atoms with van der Waals surface area (Å²) in [6, 6.07) is 14.6. The molecule has 2 heterocycles. The molecular formula is C28H31F4N5O4. The van der Waals surface area contributed by atoms with Gasteiger partial charge in [0, 0.05) is 43.4 Å². The lowest BCUT2D eigenvalue weighted by Gasteiger charge is -2.27. The molecule has 4 N–H and O–H groups in total. The lowest BCUT2D eigenvalue weighted by molar-refractivity contribution is -0.192. The van der Waals surface area contributed by atoms with Crippen molar-refractivity contribution in [3.8, 4) is 0 Å². The van der Waals surface area contributed by atoms with Crippen LogP contribution in [0, 0.1) is 5.82 Å². The lowest BCUT2D eigenvalue weighted by atomic mass is 10.1. The maximum Gasteiger partial charge on any atom is 0.490 e. The number of amides is 1. The Labute approximate surface area is 233 Å². The van der Waals surface area contributed by atoms with Crippen molar-refractivity contribution in [3.63, 3.8) is 0 Å². The molecule has 1 saturated carbocycles. The predicted molar refractivity (Wildman–Crippen MR) is 140 cm³/mol. The van der Waals surface area contributed by atoms with Gasteiger partial charge in [0.1, 0.15) is 11.6 Å². The number of carbonyl (C=O) groups is 2. The van der Waals surface area contributed by atoms with Gasteiger partial charge in [-0.15, -0.1) is 0 Å². The number of fused-ring (bicyclic) bond motifs is 1. The van der Waals surface area contributed by atoms with Gasteiger partial charge in [0.2, 0.25) is 0 Å². The first-order chi connectivity index (χ1) is 19.5. The van der Waals surface area contributed by atoms with Gasteiger partial charge in [-0.25, -0.2) is 19.6 Å². The van der Waals surface area contributed by atoms with Gasteiger partial charge in [-0.2, -0.15) is 13.2 Å². The minimum atomic E-state index is -5.08. The van der Waals surface area contributed by atoms with E-state index < -0.39 is 18.1 Å². The first-order valence-electron chi connectivity index (χ1n) is 13.1. The average Bonchev–Trinajstić information content (AvgIpc) is 3.61. The van der Waals surface area contributed by atoms with Crippen LogP contribution in [0.1, 0.15) is 51.8 Å². The Balaban J connectivity index is 0.000000493. The number of nitrogens with zero attached hydrogens (tertiary/aromatic N) is 3. The van der Waals surface area contributed by atoms with E-state index >= 15 is 0 Å². The smallest absolute Gasteiger partial charge is 0.475 e. The Bertz CT molecular complexity index is 1330. The third kappa shape index (κ3) is 8.59. The summed E-state index contributed by atoms with van der Waals surface area (Å²) in [5.41, 5.74) is 5.56. The normalized spacial score (nSPS) is 18.2. The third-order valence-corrected chi connectivity index (χ3v) is 7.07. The second kappa shape index (κ2) is 13.2. The van der Waals surface area contributed by atoms with Crippen molar-refractivity contribution < 1.29 is 37.5 Å². The molecule has 2 unspecified atom stereocenters. The van der Waals surface area contributed by atoms with E-state index in [1.165, 1.54) is 23.3 Å². The molecule has 41 heavy (non-hydrogen) atoms. The zero-order chi connectivity index (χ0) is 29.6. The number of imidazole rings is 1. The van der Waals surface area contributed by atoms with E-state index in [1.807, 2.05) is 24.3 Å². The van der Waals surface area contributed by atoms with Gasteiger partial charge in [0.25, 0.3) is 5.91 Å². The van der Waals surface area contributed by atoms with E-state index in [4.69, 9.17) is 20.1 Å². The van der Waals surface area contributed by atoms with Crippen molar-refractivity contribution in [2.75, 3.05) is 13.1 Å². The molecular weight excluding hydrogens is 546 g/mol. The zero-order valence-electron chi connectivity index (χ0n) is 22.1. The molecule has 0 radical (unpaired) electrons. The fourth-order valence-corrected chi connectivity index (χ4v) is 4.77. The largest absolute Gasteiger partial charge is 0.490 e. The molecule has 2 aromatic carbocycles. The van der Waals surface area contributed by atoms with Gasteiger partial charge in [-0.1, -0.05) is 24.3 Å². The van der Waals surface area contributed by atoms with Crippen LogP contribution in [0.2, 0.25) is 0 Å². The number of nitrogens with one attached hydrogen (secondary N) is 2. The van der Waals surface area contributed by atoms with Crippen LogP contribution in [0.5, 0.6) is 0 Å². The number of halogens is 4. The van der Waals surface area contributed by atoms with Crippen LogP contribution in [-0.2, 0) is 30.8 Å². The summed E-state index contributed by atoms with van der Waals surface area (Å²) < 4.78 is 47.1. The van der Waals surface area contributed by atoms with Crippen LogP contribution in [0.15, 0.2) is 54.7 Å². The van der Waals surface area contributed by atoms with E-state index in [0.29, 0.717) is 17.5 Å². The van der Waals surface area contributed by atoms with Crippen molar-refractivity contribution in [2.24, 2.45) is 0 Å². The third-order valence-electron chi connectivity index (χ3n) is 7.07. The number of carboxylic acids is 1. The van der Waals surface area contributed by atoms with E-state index in [0.717, 1.165) is 63.5 Å². The van der Waals surface area contributed by atoms with Crippen molar-refractivity contribution in [1.82, 2.24) is 25.2 Å². The van der Waals surface area contributed by atoms with Crippen LogP contribution >= 0.6 is 0 Å². The highest BCUT2D eigenvalue weighted by Gasteiger charge is 2.38. The summed E-state index contributed by atoms with van der Waals surface area (Å²) in [4.78, 5) is 27.6. The number of hydroxylamine groups is 1. The monoisotopic (exact) mass is 577 g/mol. The van der Waals surface area contributed by atoms with Crippen LogP contribution in [0.3, 0.4) is 0 Å². The Hall–Kier alpha value is -3.81. The molecule has 1 aromatic heterocycles. The molecule has 1 aliphatic heterocycles. The Kier molecular flexibility index (Phi) is 9.73. The Morgan fingerprint density at radius 3 is 2.37 bits per heavy atom. The molecule has 1 aliphatic carbocycles. The molecule has 220 valence electrons. The highest BCUT2D eigenvalue weighted by Crippen LogP contribution is 2.40. The fourth-order valence-electron chi connectivity index (χ4n) is 4.77. The number of rotatable bonds is 9. The topological polar surface area (TPSA) is 120 Å². The lowest BCUT2D eigenvalue weighted by Crippen LogP contribution is -2.34. The molecule has 2 atom stereocenters. The van der Waals surface area contributed by atoms with Gasteiger partial charge in [0.15, 0.2) is 0 Å². The molecule has 13 heteroatoms. The number of benzene rings is 2. The number of aryl methyl sites for hydroxylation is 1. The summed E-state index contributed by atoms with van der Waals surface area (Å²) in [7, 11) is 0. The van der Waals surface area contributed by atoms with Crippen LogP contribution in [0.4, 0.5) is 17.6 Å². The Morgan fingerprint density at radius 1 is 1.05 bits per heavy atom. The van der Waals surface area contributed by atoms with Crippen molar-refractivity contribution in [1.29, 1.82) is 0 Å². The standard InChI is InChI=1S/C26H30FN5O2.C2HF3O2/c27-21-9-7-19(8-10-21)23-14-24(23)28-15-22-16-32-13-12-31(17-25(32)29-22)11-1-2-18-3-5-20(6-4-18)26(33)30-34;3-2(4,5)1(6)7/h3-10,16,23-24,28,34H,1-2,11-15,17H2,(H,30,33);(H,6,7). The molecule has 1 amide bonds. The molecule has 1 fully saturated rings. The Morgan fingerprint density at radius 2 is 1.73 bits per heavy atom. The summed E-state index contributed by atoms with van der Waals surface area (Å²) in [6.07, 6.45) is 0.147. The number of hydrogen-bond donors (Lipinski definition) is 4. The summed E-state index contributed by atoms with van der Waals surface area (Å²) in [5, 5.41) is 19.4. The summed E-state index contributed by atoms with van der Waals surface area (Å²) in [6.45, 7) is 4.58. The van der Waals surface area contributed by atoms with E-state index in [2.05, 4.69) is 21.0 Å². The fraction of sp³-hybridized carbons (Fsp3) is 0.393. The van der Waals surface area contributed by atoms with Gasteiger partial charge in [-0.05, 0) is 61.2 Å². The minimum Gasteiger partial charge on any atom is -0.475 e. The summed E-state index contributed by atoms with van der Waals surface area (Å²) in [5.74, 6) is -1.85. The van der Waals surface area contributed by atoms with Gasteiger partial charge < -0.3 is 15.0 Å². The van der Waals surface area contributed by atoms with Crippen LogP contribution in [-0.4, -0.2) is 61.9 Å². The number of hydrogen-bond acceptors (Lipinski definition) is 6. The molecule has 0 bridgehead atoms. The average molecular weight is 578 g/mol. The maximum atomic E-state index is 13.1. The summed E-state index contributed by atoms with van der Waals surface area (Å²) >= 11 is 0. The van der Waals surface area contributed by atoms with E-state index in [-0.39, 0.29) is 5.82 Å². The molecule has 5 rings (SSSR count). The van der Waals surface area contributed by atoms with Gasteiger partial charge >= 0.3 is 12.1 Å². The van der Waals surface area contributed by atoms with E-state index in [1.54, 1.807) is 17.6 Å². The van der Waals surface area contributed by atoms with Gasteiger partial charge in [-0.3, -0.25) is 14.9 Å². The molecule has 0 spiro atoms. The van der Waals surface area contributed by atoms with Crippen molar-refractivity contribution >= 4 is 11.9 Å². The number of aromatic nitrogens is 2. The first kappa shape index (κ1) is 30.2. The molecule has 9 nitrogen and oxygen atoms in total. The second-order valence-electron chi connectivity index (χ2n) is 10.0. The number of carboxylic acid groups (broad SMARTS) is 1. The molecule has 3 aromatic rings. The molecule has 2 aliphatic rings. The van der Waals surface area contributed by atoms with Gasteiger partial charge in [0.05, 0.1) is 12.2 Å². The molecule has 0 saturated heterocycles. The predicted octanol–water partition coefficient (Wildman–Crippen LogP) is 3.87. The number of alkyl halides is 3.